The molecule has 0 bridgehead atoms. The van der Waals surface area contributed by atoms with Gasteiger partial charge in [0, 0.05) is 0 Å². The summed E-state index contributed by atoms with van der Waals surface area (Å²) in [6, 6.07) is 4.84. The van der Waals surface area contributed by atoms with Crippen molar-refractivity contribution in [1.29, 1.82) is 0 Å². The summed E-state index contributed by atoms with van der Waals surface area (Å²) in [5.41, 5.74) is 6.32. The summed E-state index contributed by atoms with van der Waals surface area (Å²) in [6.07, 6.45) is 2.79. The molecule has 1 aliphatic carbocycles. The van der Waals surface area contributed by atoms with Crippen LogP contribution in [0.5, 0.6) is 0 Å². The highest BCUT2D eigenvalue weighted by atomic mass is 14.3. The average Bonchev–Trinajstić information content (AvgIpc) is 2.90. The molecule has 0 unspecified atom stereocenters. The maximum absolute atomic E-state index is 2.44. The van der Waals surface area contributed by atoms with E-state index in [-0.39, 0.29) is 5.41 Å². The first-order valence-corrected chi connectivity index (χ1v) is 6.01. The monoisotopic (exact) mass is 202 g/mol. The molecule has 15 heavy (non-hydrogen) atoms. The van der Waals surface area contributed by atoms with Gasteiger partial charge in [0.2, 0.25) is 0 Å². The summed E-state index contributed by atoms with van der Waals surface area (Å²) in [6.45, 7) is 11.4. The second kappa shape index (κ2) is 3.37. The van der Waals surface area contributed by atoms with Crippen LogP contribution in [0.15, 0.2) is 12.1 Å². The molecule has 0 atom stereocenters. The van der Waals surface area contributed by atoms with Crippen LogP contribution in [0.3, 0.4) is 0 Å². The lowest BCUT2D eigenvalue weighted by atomic mass is 9.81. The maximum Gasteiger partial charge on any atom is -0.0129 e. The first-order chi connectivity index (χ1) is 6.89. The second-order valence-corrected chi connectivity index (χ2v) is 6.03. The molecule has 0 radical (unpaired) electrons. The molecule has 1 aromatic rings. The minimum absolute atomic E-state index is 0.278. The van der Waals surface area contributed by atoms with E-state index in [4.69, 9.17) is 0 Å². The zero-order valence-electron chi connectivity index (χ0n) is 10.6. The highest BCUT2D eigenvalue weighted by Crippen LogP contribution is 2.42. The van der Waals surface area contributed by atoms with Crippen LogP contribution in [0.1, 0.15) is 61.8 Å². The Morgan fingerprint density at radius 1 is 1.07 bits per heavy atom. The van der Waals surface area contributed by atoms with E-state index < -0.39 is 0 Å². The molecule has 1 fully saturated rings. The van der Waals surface area contributed by atoms with E-state index in [1.165, 1.54) is 29.5 Å². The molecule has 0 N–H and O–H groups in total. The van der Waals surface area contributed by atoms with Crippen LogP contribution >= 0.6 is 0 Å². The van der Waals surface area contributed by atoms with Crippen LogP contribution in [0, 0.1) is 13.8 Å². The molecule has 82 valence electrons. The third-order valence-electron chi connectivity index (χ3n) is 3.55. The van der Waals surface area contributed by atoms with Crippen LogP contribution in [-0.4, -0.2) is 0 Å². The quantitative estimate of drug-likeness (QED) is 0.630. The van der Waals surface area contributed by atoms with Gasteiger partial charge in [0.25, 0.3) is 0 Å². The van der Waals surface area contributed by atoms with Gasteiger partial charge in [-0.15, -0.1) is 0 Å². The minimum atomic E-state index is 0.278. The summed E-state index contributed by atoms with van der Waals surface area (Å²) in [7, 11) is 0. The lowest BCUT2D eigenvalue weighted by Crippen LogP contribution is -2.14. The predicted molar refractivity (Wildman–Crippen MR) is 66.6 cm³/mol. The van der Waals surface area contributed by atoms with Crippen molar-refractivity contribution in [3.8, 4) is 0 Å². The van der Waals surface area contributed by atoms with Crippen LogP contribution in [0.4, 0.5) is 0 Å². The molecular formula is C15H22. The van der Waals surface area contributed by atoms with Gasteiger partial charge in [0.1, 0.15) is 0 Å². The van der Waals surface area contributed by atoms with E-state index >= 15 is 0 Å². The van der Waals surface area contributed by atoms with Crippen molar-refractivity contribution in [2.24, 2.45) is 0 Å². The van der Waals surface area contributed by atoms with Crippen molar-refractivity contribution < 1.29 is 0 Å². The molecule has 1 saturated carbocycles. The molecule has 1 aromatic carbocycles. The summed E-state index contributed by atoms with van der Waals surface area (Å²) >= 11 is 0. The van der Waals surface area contributed by atoms with E-state index in [0.717, 1.165) is 5.92 Å². The summed E-state index contributed by atoms with van der Waals surface area (Å²) in [5, 5.41) is 0. The minimum Gasteiger partial charge on any atom is -0.0561 e. The van der Waals surface area contributed by atoms with Gasteiger partial charge >= 0.3 is 0 Å². The van der Waals surface area contributed by atoms with Crippen molar-refractivity contribution in [2.75, 3.05) is 0 Å². The summed E-state index contributed by atoms with van der Waals surface area (Å²) in [4.78, 5) is 0. The second-order valence-electron chi connectivity index (χ2n) is 6.03. The Kier molecular flexibility index (Phi) is 2.41. The molecule has 2 rings (SSSR count). The van der Waals surface area contributed by atoms with Gasteiger partial charge in [-0.1, -0.05) is 32.9 Å². The zero-order valence-corrected chi connectivity index (χ0v) is 10.6. The largest absolute Gasteiger partial charge is 0.0561 e. The number of benzene rings is 1. The number of hydrogen-bond acceptors (Lipinski definition) is 0. The summed E-state index contributed by atoms with van der Waals surface area (Å²) < 4.78 is 0. The Morgan fingerprint density at radius 3 is 2.13 bits per heavy atom. The number of hydrogen-bond donors (Lipinski definition) is 0. The predicted octanol–water partition coefficient (Wildman–Crippen LogP) is 4.48. The third-order valence-corrected chi connectivity index (χ3v) is 3.55. The fourth-order valence-electron chi connectivity index (χ4n) is 2.32. The van der Waals surface area contributed by atoms with E-state index in [2.05, 4.69) is 46.8 Å². The normalized spacial score (nSPS) is 16.9. The summed E-state index contributed by atoms with van der Waals surface area (Å²) in [5.74, 6) is 0.866. The van der Waals surface area contributed by atoms with Gasteiger partial charge in [-0.25, -0.2) is 0 Å². The molecule has 0 aromatic heterocycles. The van der Waals surface area contributed by atoms with Crippen molar-refractivity contribution in [3.63, 3.8) is 0 Å². The van der Waals surface area contributed by atoms with Gasteiger partial charge in [-0.05, 0) is 60.3 Å². The van der Waals surface area contributed by atoms with Crippen LogP contribution in [0.2, 0.25) is 0 Å². The van der Waals surface area contributed by atoms with Crippen LogP contribution < -0.4 is 0 Å². The van der Waals surface area contributed by atoms with Gasteiger partial charge < -0.3 is 0 Å². The van der Waals surface area contributed by atoms with Gasteiger partial charge in [0.05, 0.1) is 0 Å². The molecule has 0 spiro atoms. The van der Waals surface area contributed by atoms with Crippen molar-refractivity contribution in [3.05, 3.63) is 34.4 Å². The zero-order chi connectivity index (χ0) is 11.2. The van der Waals surface area contributed by atoms with Gasteiger partial charge in [-0.2, -0.15) is 0 Å². The number of aryl methyl sites for hydroxylation is 1. The van der Waals surface area contributed by atoms with Crippen LogP contribution in [0.25, 0.3) is 0 Å². The Morgan fingerprint density at radius 2 is 1.67 bits per heavy atom. The van der Waals surface area contributed by atoms with E-state index in [1.807, 2.05) is 0 Å². The average molecular weight is 202 g/mol. The molecule has 0 heteroatoms. The third kappa shape index (κ3) is 2.09. The maximum atomic E-state index is 2.44. The number of rotatable bonds is 1. The van der Waals surface area contributed by atoms with E-state index in [9.17, 15) is 0 Å². The fourth-order valence-corrected chi connectivity index (χ4v) is 2.32. The highest BCUT2D eigenvalue weighted by molar-refractivity contribution is 5.43. The van der Waals surface area contributed by atoms with Crippen molar-refractivity contribution in [2.45, 2.75) is 58.8 Å². The van der Waals surface area contributed by atoms with E-state index in [1.54, 1.807) is 5.56 Å². The molecule has 0 nitrogen and oxygen atoms in total. The van der Waals surface area contributed by atoms with E-state index in [0.29, 0.717) is 0 Å². The fraction of sp³-hybridized carbons (Fsp3) is 0.600. The van der Waals surface area contributed by atoms with Gasteiger partial charge in [-0.3, -0.25) is 0 Å². The Labute approximate surface area is 93.7 Å². The SMILES string of the molecule is Cc1cc(C2CC2)cc(C(C)(C)C)c1C. The highest BCUT2D eigenvalue weighted by Gasteiger charge is 2.26. The molecule has 0 amide bonds. The lowest BCUT2D eigenvalue weighted by Gasteiger charge is -2.24. The standard InChI is InChI=1S/C15H22/c1-10-8-13(12-6-7-12)9-14(11(10)2)15(3,4)5/h8-9,12H,6-7H2,1-5H3. The van der Waals surface area contributed by atoms with Crippen LogP contribution in [-0.2, 0) is 5.41 Å². The first kappa shape index (κ1) is 10.7. The first-order valence-electron chi connectivity index (χ1n) is 6.01. The Bertz CT molecular complexity index is 376. The molecule has 0 aliphatic heterocycles. The lowest BCUT2D eigenvalue weighted by molar-refractivity contribution is 0.584. The molecule has 0 heterocycles. The topological polar surface area (TPSA) is 0 Å². The van der Waals surface area contributed by atoms with Gasteiger partial charge in [0.15, 0.2) is 0 Å². The Balaban J connectivity index is 2.52. The molecule has 0 saturated heterocycles. The molecule has 1 aliphatic rings. The Hall–Kier alpha value is -0.780. The van der Waals surface area contributed by atoms with Crippen molar-refractivity contribution in [1.82, 2.24) is 0 Å². The smallest absolute Gasteiger partial charge is 0.0129 e. The molecular weight excluding hydrogens is 180 g/mol. The van der Waals surface area contributed by atoms with Crippen molar-refractivity contribution >= 4 is 0 Å².